The average molecular weight is 475 g/mol. The number of likely N-dealkylation sites (tertiary alicyclic amines) is 1. The monoisotopic (exact) mass is 474 g/mol. The van der Waals surface area contributed by atoms with Gasteiger partial charge in [0, 0.05) is 44.6 Å². The second kappa shape index (κ2) is 8.76. The third kappa shape index (κ3) is 4.80. The van der Waals surface area contributed by atoms with E-state index in [0.717, 1.165) is 29.4 Å². The molecule has 1 aliphatic carbocycles. The molecule has 0 aromatic heterocycles. The van der Waals surface area contributed by atoms with Crippen molar-refractivity contribution in [1.29, 1.82) is 0 Å². The van der Waals surface area contributed by atoms with Gasteiger partial charge in [-0.15, -0.1) is 0 Å². The van der Waals surface area contributed by atoms with E-state index in [1.807, 2.05) is 6.92 Å². The van der Waals surface area contributed by atoms with Crippen molar-refractivity contribution in [3.63, 3.8) is 0 Å². The van der Waals surface area contributed by atoms with E-state index in [0.29, 0.717) is 6.04 Å². The van der Waals surface area contributed by atoms with Crippen molar-refractivity contribution in [3.8, 4) is 0 Å². The minimum atomic E-state index is -3.98. The minimum Gasteiger partial charge on any atom is -0.342 e. The lowest BCUT2D eigenvalue weighted by Crippen LogP contribution is -2.58. The third-order valence-corrected chi connectivity index (χ3v) is 8.95. The van der Waals surface area contributed by atoms with Gasteiger partial charge in [-0.25, -0.2) is 8.42 Å². The molecule has 2 fully saturated rings. The van der Waals surface area contributed by atoms with Crippen LogP contribution < -0.4 is 5.32 Å². The molecule has 2 aliphatic heterocycles. The Morgan fingerprint density at radius 2 is 1.85 bits per heavy atom. The summed E-state index contributed by atoms with van der Waals surface area (Å²) in [5, 5.41) is 2.56. The van der Waals surface area contributed by atoms with Crippen LogP contribution in [0.25, 0.3) is 0 Å². The molecule has 9 heteroatoms. The predicted molar refractivity (Wildman–Crippen MR) is 125 cm³/mol. The van der Waals surface area contributed by atoms with Crippen molar-refractivity contribution < 1.29 is 18.0 Å². The van der Waals surface area contributed by atoms with Gasteiger partial charge in [0.2, 0.25) is 11.8 Å². The lowest BCUT2D eigenvalue weighted by Gasteiger charge is -2.48. The molecule has 3 aliphatic rings. The van der Waals surface area contributed by atoms with Crippen molar-refractivity contribution in [1.82, 2.24) is 19.4 Å². The van der Waals surface area contributed by atoms with Crippen LogP contribution in [0.4, 0.5) is 0 Å². The maximum Gasteiger partial charge on any atom is 0.264 e. The van der Waals surface area contributed by atoms with Crippen LogP contribution in [-0.4, -0.2) is 72.6 Å². The molecule has 2 amide bonds. The Morgan fingerprint density at radius 3 is 2.45 bits per heavy atom. The van der Waals surface area contributed by atoms with E-state index >= 15 is 0 Å². The number of nitrogens with zero attached hydrogens (tertiary/aromatic N) is 3. The smallest absolute Gasteiger partial charge is 0.264 e. The van der Waals surface area contributed by atoms with Crippen LogP contribution in [0.3, 0.4) is 0 Å². The SMILES string of the molecule is Cc1ccc(S(=O)(=O)N2C=CNC(=O)[C@H]2CC(=O)N(C)[C@@H]2CCN(C3CC3)CC2(C)C)cc1. The van der Waals surface area contributed by atoms with Crippen LogP contribution in [0.5, 0.6) is 0 Å². The van der Waals surface area contributed by atoms with Gasteiger partial charge in [-0.1, -0.05) is 31.5 Å². The van der Waals surface area contributed by atoms with Crippen LogP contribution in [0, 0.1) is 12.3 Å². The zero-order chi connectivity index (χ0) is 24.0. The molecule has 1 aromatic carbocycles. The first kappa shape index (κ1) is 23.8. The second-order valence-corrected chi connectivity index (χ2v) is 12.0. The molecule has 2 heterocycles. The summed E-state index contributed by atoms with van der Waals surface area (Å²) in [5.74, 6) is -0.731. The van der Waals surface area contributed by atoms with E-state index in [-0.39, 0.29) is 28.7 Å². The summed E-state index contributed by atoms with van der Waals surface area (Å²) in [4.78, 5) is 30.3. The molecule has 2 atom stereocenters. The Labute approximate surface area is 196 Å². The quantitative estimate of drug-likeness (QED) is 0.682. The summed E-state index contributed by atoms with van der Waals surface area (Å²) in [6.07, 6.45) is 5.79. The molecule has 8 nitrogen and oxygen atoms in total. The van der Waals surface area contributed by atoms with E-state index in [2.05, 4.69) is 24.1 Å². The molecule has 1 saturated carbocycles. The number of piperidine rings is 1. The maximum absolute atomic E-state index is 13.3. The van der Waals surface area contributed by atoms with E-state index in [1.54, 1.807) is 24.1 Å². The fourth-order valence-corrected chi connectivity index (χ4v) is 6.56. The molecule has 0 bridgehead atoms. The molecule has 1 aromatic rings. The number of rotatable bonds is 6. The highest BCUT2D eigenvalue weighted by Gasteiger charge is 2.44. The Balaban J connectivity index is 1.51. The van der Waals surface area contributed by atoms with E-state index in [4.69, 9.17) is 0 Å². The summed E-state index contributed by atoms with van der Waals surface area (Å²) in [6.45, 7) is 8.12. The number of amides is 2. The molecular weight excluding hydrogens is 440 g/mol. The van der Waals surface area contributed by atoms with Crippen LogP contribution >= 0.6 is 0 Å². The number of benzene rings is 1. The first-order chi connectivity index (χ1) is 15.5. The number of sulfonamides is 1. The average Bonchev–Trinajstić information content (AvgIpc) is 3.59. The van der Waals surface area contributed by atoms with Gasteiger partial charge in [0.05, 0.1) is 11.3 Å². The predicted octanol–water partition coefficient (Wildman–Crippen LogP) is 2.07. The normalized spacial score (nSPS) is 25.6. The highest BCUT2D eigenvalue weighted by molar-refractivity contribution is 7.89. The molecule has 0 unspecified atom stereocenters. The highest BCUT2D eigenvalue weighted by atomic mass is 32.2. The van der Waals surface area contributed by atoms with Gasteiger partial charge in [0.15, 0.2) is 0 Å². The van der Waals surface area contributed by atoms with Gasteiger partial charge >= 0.3 is 0 Å². The number of nitrogens with one attached hydrogen (secondary N) is 1. The van der Waals surface area contributed by atoms with Crippen LogP contribution in [-0.2, 0) is 19.6 Å². The van der Waals surface area contributed by atoms with Crippen molar-refractivity contribution in [2.75, 3.05) is 20.1 Å². The molecule has 180 valence electrons. The van der Waals surface area contributed by atoms with Crippen LogP contribution in [0.1, 0.15) is 45.1 Å². The summed E-state index contributed by atoms with van der Waals surface area (Å²) in [7, 11) is -2.21. The standard InChI is InChI=1S/C24H34N4O4S/c1-17-5-9-19(10-6-17)33(31,32)28-14-12-25-23(30)20(28)15-22(29)26(4)21-11-13-27(18-7-8-18)16-24(21,2)3/h5-6,9-10,12,14,18,20-21H,7-8,11,13,15-16H2,1-4H3,(H,25,30)/t20-,21-/m1/s1. The van der Waals surface area contributed by atoms with Gasteiger partial charge in [-0.2, -0.15) is 0 Å². The van der Waals surface area contributed by atoms with Gasteiger partial charge in [-0.05, 0) is 43.7 Å². The topological polar surface area (TPSA) is 90.0 Å². The molecule has 33 heavy (non-hydrogen) atoms. The van der Waals surface area contributed by atoms with Crippen LogP contribution in [0.15, 0.2) is 41.6 Å². The summed E-state index contributed by atoms with van der Waals surface area (Å²) in [5.41, 5.74) is 0.845. The Hall–Kier alpha value is -2.39. The molecule has 1 N–H and O–H groups in total. The summed E-state index contributed by atoms with van der Waals surface area (Å²) in [6, 6.07) is 6.05. The number of carbonyl (C=O) groups excluding carboxylic acids is 2. The number of hydrogen-bond donors (Lipinski definition) is 1. The fraction of sp³-hybridized carbons (Fsp3) is 0.583. The largest absolute Gasteiger partial charge is 0.342 e. The van der Waals surface area contributed by atoms with E-state index in [9.17, 15) is 18.0 Å². The first-order valence-electron chi connectivity index (χ1n) is 11.6. The number of carbonyl (C=O) groups is 2. The van der Waals surface area contributed by atoms with Crippen molar-refractivity contribution >= 4 is 21.8 Å². The van der Waals surface area contributed by atoms with Crippen molar-refractivity contribution in [2.45, 2.75) is 69.5 Å². The third-order valence-electron chi connectivity index (χ3n) is 7.15. The van der Waals surface area contributed by atoms with Crippen molar-refractivity contribution in [3.05, 3.63) is 42.2 Å². The van der Waals surface area contributed by atoms with Gasteiger partial charge in [0.25, 0.3) is 10.0 Å². The summed E-state index contributed by atoms with van der Waals surface area (Å²) < 4.78 is 27.6. The molecular formula is C24H34N4O4S. The van der Waals surface area contributed by atoms with E-state index < -0.39 is 22.0 Å². The second-order valence-electron chi connectivity index (χ2n) is 10.2. The summed E-state index contributed by atoms with van der Waals surface area (Å²) >= 11 is 0. The number of aryl methyl sites for hydroxylation is 1. The lowest BCUT2D eigenvalue weighted by atomic mass is 9.78. The van der Waals surface area contributed by atoms with Crippen molar-refractivity contribution in [2.24, 2.45) is 5.41 Å². The molecule has 1 saturated heterocycles. The van der Waals surface area contributed by atoms with Gasteiger partial charge < -0.3 is 10.2 Å². The minimum absolute atomic E-state index is 0.0318. The molecule has 0 spiro atoms. The number of hydrogen-bond acceptors (Lipinski definition) is 5. The fourth-order valence-electron chi connectivity index (χ4n) is 5.11. The Morgan fingerprint density at radius 1 is 1.18 bits per heavy atom. The Bertz CT molecular complexity index is 1050. The highest BCUT2D eigenvalue weighted by Crippen LogP contribution is 2.38. The lowest BCUT2D eigenvalue weighted by molar-refractivity contribution is -0.140. The van der Waals surface area contributed by atoms with Crippen LogP contribution in [0.2, 0.25) is 0 Å². The van der Waals surface area contributed by atoms with Gasteiger partial charge in [0.1, 0.15) is 6.04 Å². The van der Waals surface area contributed by atoms with E-state index in [1.165, 1.54) is 37.4 Å². The van der Waals surface area contributed by atoms with Gasteiger partial charge in [-0.3, -0.25) is 18.8 Å². The first-order valence-corrected chi connectivity index (χ1v) is 13.0. The molecule has 0 radical (unpaired) electrons. The zero-order valence-corrected chi connectivity index (χ0v) is 20.6. The zero-order valence-electron chi connectivity index (χ0n) is 19.8. The Kier molecular flexibility index (Phi) is 6.30. The molecule has 4 rings (SSSR count). The maximum atomic E-state index is 13.3.